The van der Waals surface area contributed by atoms with E-state index in [-0.39, 0.29) is 5.91 Å². The van der Waals surface area contributed by atoms with Crippen molar-refractivity contribution in [3.05, 3.63) is 65.2 Å². The molecule has 116 valence electrons. The summed E-state index contributed by atoms with van der Waals surface area (Å²) in [6.07, 6.45) is 0. The Labute approximate surface area is 134 Å². The fraction of sp³-hybridized carbons (Fsp3) is 0.278. The molecule has 0 spiro atoms. The maximum atomic E-state index is 12.5. The van der Waals surface area contributed by atoms with E-state index in [2.05, 4.69) is 5.32 Å². The molecule has 1 amide bonds. The number of hydrogen-bond donors (Lipinski definition) is 1. The SMILES string of the molecule is Cc1ccc(C)c(C[S@](=O)[C@@H](C)C(=O)Nc2ccccc2)c1. The van der Waals surface area contributed by atoms with E-state index >= 15 is 0 Å². The fourth-order valence-electron chi connectivity index (χ4n) is 2.12. The van der Waals surface area contributed by atoms with Crippen LogP contribution in [0.15, 0.2) is 48.5 Å². The second-order valence-corrected chi connectivity index (χ2v) is 7.21. The van der Waals surface area contributed by atoms with E-state index in [0.717, 1.165) is 22.4 Å². The Morgan fingerprint density at radius 1 is 1.14 bits per heavy atom. The van der Waals surface area contributed by atoms with Crippen molar-refractivity contribution in [1.82, 2.24) is 0 Å². The summed E-state index contributed by atoms with van der Waals surface area (Å²) in [6, 6.07) is 15.3. The summed E-state index contributed by atoms with van der Waals surface area (Å²) in [5.74, 6) is 0.187. The van der Waals surface area contributed by atoms with Crippen LogP contribution in [0.1, 0.15) is 23.6 Å². The highest BCUT2D eigenvalue weighted by molar-refractivity contribution is 7.85. The molecule has 0 unspecified atom stereocenters. The quantitative estimate of drug-likeness (QED) is 0.916. The second-order valence-electron chi connectivity index (χ2n) is 5.45. The van der Waals surface area contributed by atoms with E-state index in [1.165, 1.54) is 0 Å². The first-order valence-corrected chi connectivity index (χ1v) is 8.65. The van der Waals surface area contributed by atoms with Gasteiger partial charge in [0.25, 0.3) is 0 Å². The smallest absolute Gasteiger partial charge is 0.239 e. The number of carbonyl (C=O) groups is 1. The Morgan fingerprint density at radius 3 is 2.50 bits per heavy atom. The van der Waals surface area contributed by atoms with E-state index in [1.54, 1.807) is 6.92 Å². The van der Waals surface area contributed by atoms with Crippen molar-refractivity contribution in [2.75, 3.05) is 5.32 Å². The van der Waals surface area contributed by atoms with Crippen molar-refractivity contribution in [3.63, 3.8) is 0 Å². The summed E-state index contributed by atoms with van der Waals surface area (Å²) in [7, 11) is -1.25. The van der Waals surface area contributed by atoms with Crippen LogP contribution in [0.5, 0.6) is 0 Å². The van der Waals surface area contributed by atoms with Crippen LogP contribution in [0.2, 0.25) is 0 Å². The van der Waals surface area contributed by atoms with Gasteiger partial charge in [0.2, 0.25) is 5.91 Å². The summed E-state index contributed by atoms with van der Waals surface area (Å²) in [6.45, 7) is 5.72. The molecule has 2 aromatic carbocycles. The van der Waals surface area contributed by atoms with Gasteiger partial charge in [0.1, 0.15) is 5.25 Å². The number of aryl methyl sites for hydroxylation is 2. The lowest BCUT2D eigenvalue weighted by atomic mass is 10.1. The van der Waals surface area contributed by atoms with Crippen LogP contribution in [-0.2, 0) is 21.3 Å². The van der Waals surface area contributed by atoms with E-state index < -0.39 is 16.0 Å². The number of rotatable bonds is 5. The molecule has 4 heteroatoms. The highest BCUT2D eigenvalue weighted by atomic mass is 32.2. The standard InChI is InChI=1S/C18H21NO2S/c1-13-9-10-14(2)16(11-13)12-22(21)15(3)18(20)19-17-7-5-4-6-8-17/h4-11,15H,12H2,1-3H3,(H,19,20)/t15-,22-/m0/s1. The van der Waals surface area contributed by atoms with Gasteiger partial charge in [-0.15, -0.1) is 0 Å². The second kappa shape index (κ2) is 7.36. The van der Waals surface area contributed by atoms with Crippen molar-refractivity contribution in [2.45, 2.75) is 31.8 Å². The summed E-state index contributed by atoms with van der Waals surface area (Å²) in [5, 5.41) is 2.25. The molecule has 0 aromatic heterocycles. The molecule has 0 saturated carbocycles. The summed E-state index contributed by atoms with van der Waals surface area (Å²) >= 11 is 0. The molecule has 22 heavy (non-hydrogen) atoms. The van der Waals surface area contributed by atoms with Gasteiger partial charge in [-0.2, -0.15) is 0 Å². The minimum atomic E-state index is -1.25. The lowest BCUT2D eigenvalue weighted by molar-refractivity contribution is -0.115. The molecule has 0 aliphatic heterocycles. The minimum absolute atomic E-state index is 0.213. The number of nitrogens with one attached hydrogen (secondary N) is 1. The van der Waals surface area contributed by atoms with Gasteiger partial charge in [0.15, 0.2) is 0 Å². The van der Waals surface area contributed by atoms with Gasteiger partial charge in [-0.3, -0.25) is 9.00 Å². The number of benzene rings is 2. The van der Waals surface area contributed by atoms with Crippen LogP contribution < -0.4 is 5.32 Å². The highest BCUT2D eigenvalue weighted by Gasteiger charge is 2.20. The van der Waals surface area contributed by atoms with Crippen molar-refractivity contribution >= 4 is 22.4 Å². The number of anilines is 1. The predicted molar refractivity (Wildman–Crippen MR) is 92.3 cm³/mol. The van der Waals surface area contributed by atoms with Crippen LogP contribution in [0.25, 0.3) is 0 Å². The number of hydrogen-bond acceptors (Lipinski definition) is 2. The lowest BCUT2D eigenvalue weighted by Gasteiger charge is -2.13. The Bertz CT molecular complexity index is 683. The molecule has 0 aliphatic rings. The molecule has 3 nitrogen and oxygen atoms in total. The summed E-state index contributed by atoms with van der Waals surface area (Å²) in [5.41, 5.74) is 4.01. The fourth-order valence-corrected chi connectivity index (χ4v) is 3.28. The van der Waals surface area contributed by atoms with Crippen molar-refractivity contribution in [1.29, 1.82) is 0 Å². The van der Waals surface area contributed by atoms with E-state index in [1.807, 2.05) is 62.4 Å². The van der Waals surface area contributed by atoms with Gasteiger partial charge in [0, 0.05) is 22.2 Å². The number of carbonyl (C=O) groups excluding carboxylic acids is 1. The zero-order valence-corrected chi connectivity index (χ0v) is 13.9. The summed E-state index contributed by atoms with van der Waals surface area (Å²) < 4.78 is 12.5. The molecule has 0 fully saturated rings. The number of para-hydroxylation sites is 1. The zero-order chi connectivity index (χ0) is 16.1. The third-order valence-electron chi connectivity index (χ3n) is 3.61. The Kier molecular flexibility index (Phi) is 5.50. The van der Waals surface area contributed by atoms with Crippen LogP contribution in [0, 0.1) is 13.8 Å². The maximum absolute atomic E-state index is 12.5. The van der Waals surface area contributed by atoms with Gasteiger partial charge in [-0.1, -0.05) is 42.0 Å². The molecular weight excluding hydrogens is 294 g/mol. The third-order valence-corrected chi connectivity index (χ3v) is 5.21. The third kappa shape index (κ3) is 4.28. The molecular formula is C18H21NO2S. The van der Waals surface area contributed by atoms with E-state index in [0.29, 0.717) is 5.75 Å². The average Bonchev–Trinajstić information content (AvgIpc) is 2.51. The van der Waals surface area contributed by atoms with Gasteiger partial charge in [-0.05, 0) is 44.0 Å². The van der Waals surface area contributed by atoms with E-state index in [4.69, 9.17) is 0 Å². The Balaban J connectivity index is 2.02. The first kappa shape index (κ1) is 16.4. The first-order valence-electron chi connectivity index (χ1n) is 7.26. The van der Waals surface area contributed by atoms with Crippen LogP contribution in [0.4, 0.5) is 5.69 Å². The molecule has 0 heterocycles. The van der Waals surface area contributed by atoms with Crippen molar-refractivity contribution < 1.29 is 9.00 Å². The van der Waals surface area contributed by atoms with Gasteiger partial charge < -0.3 is 5.32 Å². The normalized spacial score (nSPS) is 13.4. The molecule has 0 radical (unpaired) electrons. The van der Waals surface area contributed by atoms with Crippen LogP contribution >= 0.6 is 0 Å². The van der Waals surface area contributed by atoms with Gasteiger partial charge in [0.05, 0.1) is 0 Å². The van der Waals surface area contributed by atoms with Gasteiger partial charge >= 0.3 is 0 Å². The highest BCUT2D eigenvalue weighted by Crippen LogP contribution is 2.15. The summed E-state index contributed by atoms with van der Waals surface area (Å²) in [4.78, 5) is 12.2. The largest absolute Gasteiger partial charge is 0.325 e. The van der Waals surface area contributed by atoms with Crippen molar-refractivity contribution in [3.8, 4) is 0 Å². The van der Waals surface area contributed by atoms with Gasteiger partial charge in [-0.25, -0.2) is 0 Å². The average molecular weight is 315 g/mol. The van der Waals surface area contributed by atoms with Crippen LogP contribution in [-0.4, -0.2) is 15.4 Å². The van der Waals surface area contributed by atoms with Crippen LogP contribution in [0.3, 0.4) is 0 Å². The number of amides is 1. The predicted octanol–water partition coefficient (Wildman–Crippen LogP) is 3.58. The molecule has 2 rings (SSSR count). The van der Waals surface area contributed by atoms with Crippen molar-refractivity contribution in [2.24, 2.45) is 0 Å². The topological polar surface area (TPSA) is 46.2 Å². The monoisotopic (exact) mass is 315 g/mol. The molecule has 0 bridgehead atoms. The Hall–Kier alpha value is -1.94. The maximum Gasteiger partial charge on any atom is 0.239 e. The Morgan fingerprint density at radius 2 is 1.82 bits per heavy atom. The lowest BCUT2D eigenvalue weighted by Crippen LogP contribution is -2.29. The minimum Gasteiger partial charge on any atom is -0.325 e. The molecule has 0 saturated heterocycles. The zero-order valence-electron chi connectivity index (χ0n) is 13.1. The molecule has 2 aromatic rings. The molecule has 2 atom stereocenters. The van der Waals surface area contributed by atoms with E-state index in [9.17, 15) is 9.00 Å². The molecule has 0 aliphatic carbocycles. The molecule has 1 N–H and O–H groups in total. The first-order chi connectivity index (χ1) is 10.5.